The van der Waals surface area contributed by atoms with Crippen molar-refractivity contribution >= 4 is 0 Å². The van der Waals surface area contributed by atoms with Crippen molar-refractivity contribution < 1.29 is 13.9 Å². The van der Waals surface area contributed by atoms with Gasteiger partial charge in [-0.05, 0) is 37.6 Å². The van der Waals surface area contributed by atoms with Crippen molar-refractivity contribution in [1.29, 1.82) is 0 Å². The molecule has 0 aliphatic heterocycles. The van der Waals surface area contributed by atoms with Gasteiger partial charge in [-0.2, -0.15) is 0 Å². The van der Waals surface area contributed by atoms with Gasteiger partial charge in [0.1, 0.15) is 17.7 Å². The Morgan fingerprint density at radius 2 is 2.00 bits per heavy atom. The molecule has 0 aromatic heterocycles. The first-order valence-corrected chi connectivity index (χ1v) is 6.67. The Morgan fingerprint density at radius 3 is 2.63 bits per heavy atom. The molecule has 0 saturated heterocycles. The normalized spacial score (nSPS) is 12.7. The summed E-state index contributed by atoms with van der Waals surface area (Å²) < 4.78 is 24.1. The minimum absolute atomic E-state index is 0.0562. The molecule has 0 aliphatic carbocycles. The van der Waals surface area contributed by atoms with E-state index < -0.39 is 0 Å². The highest BCUT2D eigenvalue weighted by Gasteiger charge is 2.09. The van der Waals surface area contributed by atoms with Crippen molar-refractivity contribution in [1.82, 2.24) is 5.32 Å². The minimum atomic E-state index is -0.243. The predicted octanol–water partition coefficient (Wildman–Crippen LogP) is 2.99. The SMILES string of the molecule is COCC(C)Oc1ccc(F)cc1CNCC(C)C. The van der Waals surface area contributed by atoms with Gasteiger partial charge in [0.2, 0.25) is 0 Å². The van der Waals surface area contributed by atoms with Gasteiger partial charge in [0.05, 0.1) is 6.61 Å². The highest BCUT2D eigenvalue weighted by atomic mass is 19.1. The smallest absolute Gasteiger partial charge is 0.124 e. The van der Waals surface area contributed by atoms with E-state index in [-0.39, 0.29) is 11.9 Å². The Hall–Kier alpha value is -1.13. The van der Waals surface area contributed by atoms with Crippen LogP contribution in [0.1, 0.15) is 26.3 Å². The Balaban J connectivity index is 2.68. The molecule has 0 heterocycles. The van der Waals surface area contributed by atoms with Crippen LogP contribution in [-0.2, 0) is 11.3 Å². The van der Waals surface area contributed by atoms with Crippen LogP contribution in [0, 0.1) is 11.7 Å². The van der Waals surface area contributed by atoms with Gasteiger partial charge in [-0.25, -0.2) is 4.39 Å². The van der Waals surface area contributed by atoms with Gasteiger partial charge in [0.15, 0.2) is 0 Å². The molecule has 0 spiro atoms. The molecule has 1 aromatic carbocycles. The van der Waals surface area contributed by atoms with E-state index in [2.05, 4.69) is 19.2 Å². The number of ether oxygens (including phenoxy) is 2. The standard InChI is InChI=1S/C15H24FNO2/c1-11(2)8-17-9-13-7-14(16)5-6-15(13)19-12(3)10-18-4/h5-7,11-12,17H,8-10H2,1-4H3. The average Bonchev–Trinajstić information content (AvgIpc) is 2.32. The summed E-state index contributed by atoms with van der Waals surface area (Å²) in [5.41, 5.74) is 0.837. The van der Waals surface area contributed by atoms with E-state index in [1.807, 2.05) is 6.92 Å². The molecule has 0 radical (unpaired) electrons. The van der Waals surface area contributed by atoms with Gasteiger partial charge in [-0.1, -0.05) is 13.8 Å². The van der Waals surface area contributed by atoms with Crippen LogP contribution in [0.2, 0.25) is 0 Å². The minimum Gasteiger partial charge on any atom is -0.488 e. The average molecular weight is 269 g/mol. The lowest BCUT2D eigenvalue weighted by atomic mass is 10.1. The zero-order valence-corrected chi connectivity index (χ0v) is 12.2. The van der Waals surface area contributed by atoms with Crippen molar-refractivity contribution in [3.8, 4) is 5.75 Å². The largest absolute Gasteiger partial charge is 0.488 e. The molecular formula is C15H24FNO2. The topological polar surface area (TPSA) is 30.5 Å². The van der Waals surface area contributed by atoms with E-state index in [4.69, 9.17) is 9.47 Å². The third-order valence-electron chi connectivity index (χ3n) is 2.62. The molecule has 108 valence electrons. The number of halogens is 1. The van der Waals surface area contributed by atoms with E-state index in [9.17, 15) is 4.39 Å². The molecule has 0 amide bonds. The molecule has 0 saturated carbocycles. The van der Waals surface area contributed by atoms with Crippen molar-refractivity contribution in [2.75, 3.05) is 20.3 Å². The first-order chi connectivity index (χ1) is 9.02. The molecule has 1 atom stereocenters. The number of methoxy groups -OCH3 is 1. The molecule has 1 N–H and O–H groups in total. The van der Waals surface area contributed by atoms with Crippen LogP contribution in [0.4, 0.5) is 4.39 Å². The maximum absolute atomic E-state index is 13.3. The zero-order chi connectivity index (χ0) is 14.3. The molecule has 0 aliphatic rings. The van der Waals surface area contributed by atoms with Crippen LogP contribution in [0.5, 0.6) is 5.75 Å². The summed E-state index contributed by atoms with van der Waals surface area (Å²) in [4.78, 5) is 0. The molecule has 0 fully saturated rings. The van der Waals surface area contributed by atoms with E-state index in [0.29, 0.717) is 24.8 Å². The lowest BCUT2D eigenvalue weighted by Crippen LogP contribution is -2.22. The molecule has 19 heavy (non-hydrogen) atoms. The van der Waals surface area contributed by atoms with Gasteiger partial charge in [-0.3, -0.25) is 0 Å². The van der Waals surface area contributed by atoms with Crippen molar-refractivity contribution in [2.24, 2.45) is 5.92 Å². The van der Waals surface area contributed by atoms with Gasteiger partial charge >= 0.3 is 0 Å². The summed E-state index contributed by atoms with van der Waals surface area (Å²) in [7, 11) is 1.63. The maximum Gasteiger partial charge on any atom is 0.124 e. The van der Waals surface area contributed by atoms with Crippen LogP contribution < -0.4 is 10.1 Å². The number of nitrogens with one attached hydrogen (secondary N) is 1. The molecule has 1 unspecified atom stereocenters. The second kappa shape index (κ2) is 8.12. The van der Waals surface area contributed by atoms with Gasteiger partial charge < -0.3 is 14.8 Å². The molecule has 0 bridgehead atoms. The summed E-state index contributed by atoms with van der Waals surface area (Å²) in [6.07, 6.45) is -0.0562. The summed E-state index contributed by atoms with van der Waals surface area (Å²) in [5.74, 6) is 1.03. The summed E-state index contributed by atoms with van der Waals surface area (Å²) in [5, 5.41) is 3.30. The highest BCUT2D eigenvalue weighted by Crippen LogP contribution is 2.21. The third-order valence-corrected chi connectivity index (χ3v) is 2.62. The first kappa shape index (κ1) is 15.9. The van der Waals surface area contributed by atoms with Gasteiger partial charge in [-0.15, -0.1) is 0 Å². The highest BCUT2D eigenvalue weighted by molar-refractivity contribution is 5.34. The second-order valence-electron chi connectivity index (χ2n) is 5.16. The monoisotopic (exact) mass is 269 g/mol. The quantitative estimate of drug-likeness (QED) is 0.787. The van der Waals surface area contributed by atoms with Crippen LogP contribution in [0.3, 0.4) is 0 Å². The maximum atomic E-state index is 13.3. The molecule has 3 nitrogen and oxygen atoms in total. The summed E-state index contributed by atoms with van der Waals surface area (Å²) >= 11 is 0. The first-order valence-electron chi connectivity index (χ1n) is 6.67. The van der Waals surface area contributed by atoms with Crippen molar-refractivity contribution in [3.63, 3.8) is 0 Å². The second-order valence-corrected chi connectivity index (χ2v) is 5.16. The lowest BCUT2D eigenvalue weighted by molar-refractivity contribution is 0.0912. The molecule has 4 heteroatoms. The van der Waals surface area contributed by atoms with E-state index in [0.717, 1.165) is 12.1 Å². The van der Waals surface area contributed by atoms with E-state index in [1.54, 1.807) is 13.2 Å². The lowest BCUT2D eigenvalue weighted by Gasteiger charge is -2.17. The van der Waals surface area contributed by atoms with Crippen molar-refractivity contribution in [2.45, 2.75) is 33.4 Å². The van der Waals surface area contributed by atoms with Gasteiger partial charge in [0, 0.05) is 19.2 Å². The number of rotatable bonds is 8. The van der Waals surface area contributed by atoms with E-state index in [1.165, 1.54) is 12.1 Å². The number of hydrogen-bond acceptors (Lipinski definition) is 3. The predicted molar refractivity (Wildman–Crippen MR) is 74.9 cm³/mol. The van der Waals surface area contributed by atoms with E-state index >= 15 is 0 Å². The fourth-order valence-corrected chi connectivity index (χ4v) is 1.78. The van der Waals surface area contributed by atoms with Crippen molar-refractivity contribution in [3.05, 3.63) is 29.6 Å². The zero-order valence-electron chi connectivity index (χ0n) is 12.2. The Labute approximate surface area is 115 Å². The molecule has 1 rings (SSSR count). The Kier molecular flexibility index (Phi) is 6.81. The Bertz CT molecular complexity index is 382. The van der Waals surface area contributed by atoms with Crippen LogP contribution in [0.25, 0.3) is 0 Å². The van der Waals surface area contributed by atoms with Crippen LogP contribution >= 0.6 is 0 Å². The number of benzene rings is 1. The molecule has 1 aromatic rings. The fourth-order valence-electron chi connectivity index (χ4n) is 1.78. The third kappa shape index (κ3) is 6.03. The number of hydrogen-bond donors (Lipinski definition) is 1. The Morgan fingerprint density at radius 1 is 1.26 bits per heavy atom. The fraction of sp³-hybridized carbons (Fsp3) is 0.600. The van der Waals surface area contributed by atoms with Crippen LogP contribution in [0.15, 0.2) is 18.2 Å². The van der Waals surface area contributed by atoms with Crippen LogP contribution in [-0.4, -0.2) is 26.4 Å². The summed E-state index contributed by atoms with van der Waals surface area (Å²) in [6.45, 7) is 8.20. The van der Waals surface area contributed by atoms with Gasteiger partial charge in [0.25, 0.3) is 0 Å². The summed E-state index contributed by atoms with van der Waals surface area (Å²) in [6, 6.07) is 4.61. The molecular weight excluding hydrogens is 245 g/mol.